The van der Waals surface area contributed by atoms with Crippen LogP contribution in [0.1, 0.15) is 56.2 Å². The van der Waals surface area contributed by atoms with Crippen molar-refractivity contribution in [2.24, 2.45) is 4.99 Å². The molecule has 6 heteroatoms. The summed E-state index contributed by atoms with van der Waals surface area (Å²) in [6.45, 7) is 1.87. The molecule has 1 fully saturated rings. The molecule has 2 heterocycles. The number of H-pyrrole nitrogens is 1. The Kier molecular flexibility index (Phi) is 4.11. The molecule has 0 spiro atoms. The molecule has 0 bridgehead atoms. The highest BCUT2D eigenvalue weighted by atomic mass is 16.3. The molecular weight excluding hydrogens is 330 g/mol. The first-order valence-electron chi connectivity index (χ1n) is 9.01. The molecule has 2 aromatic rings. The highest BCUT2D eigenvalue weighted by molar-refractivity contribution is 6.31. The number of aromatic amines is 1. The SMILES string of the molecule is CC1=Nc2ccccc2C1=Cc1c(O)n(C2CCCCC2)c(=O)[nH]c1=O. The van der Waals surface area contributed by atoms with E-state index in [2.05, 4.69) is 9.98 Å². The van der Waals surface area contributed by atoms with E-state index in [4.69, 9.17) is 0 Å². The Morgan fingerprint density at radius 2 is 1.92 bits per heavy atom. The fourth-order valence-corrected chi connectivity index (χ4v) is 3.92. The highest BCUT2D eigenvalue weighted by Gasteiger charge is 2.24. The van der Waals surface area contributed by atoms with Crippen molar-refractivity contribution >= 4 is 23.0 Å². The van der Waals surface area contributed by atoms with Crippen LogP contribution in [0.4, 0.5) is 5.69 Å². The predicted molar refractivity (Wildman–Crippen MR) is 102 cm³/mol. The molecule has 0 atom stereocenters. The summed E-state index contributed by atoms with van der Waals surface area (Å²) in [5.74, 6) is -0.254. The van der Waals surface area contributed by atoms with Crippen LogP contribution in [0, 0.1) is 0 Å². The van der Waals surface area contributed by atoms with E-state index in [0.29, 0.717) is 0 Å². The summed E-state index contributed by atoms with van der Waals surface area (Å²) in [5.41, 5.74) is 2.31. The summed E-state index contributed by atoms with van der Waals surface area (Å²) in [5, 5.41) is 10.8. The lowest BCUT2D eigenvalue weighted by molar-refractivity contribution is 0.298. The van der Waals surface area contributed by atoms with E-state index in [1.54, 1.807) is 6.08 Å². The fourth-order valence-electron chi connectivity index (χ4n) is 3.92. The van der Waals surface area contributed by atoms with E-state index >= 15 is 0 Å². The third-order valence-corrected chi connectivity index (χ3v) is 5.25. The molecule has 1 saturated carbocycles. The number of allylic oxidation sites excluding steroid dienone is 1. The summed E-state index contributed by atoms with van der Waals surface area (Å²) in [6.07, 6.45) is 6.48. The van der Waals surface area contributed by atoms with Crippen LogP contribution >= 0.6 is 0 Å². The van der Waals surface area contributed by atoms with Crippen LogP contribution in [0.2, 0.25) is 0 Å². The Labute approximate surface area is 150 Å². The fraction of sp³-hybridized carbons (Fsp3) is 0.350. The van der Waals surface area contributed by atoms with Gasteiger partial charge in [0, 0.05) is 22.9 Å². The number of hydrogen-bond donors (Lipinski definition) is 2. The average Bonchev–Trinajstić information content (AvgIpc) is 2.94. The van der Waals surface area contributed by atoms with Crippen molar-refractivity contribution in [2.45, 2.75) is 45.1 Å². The molecular formula is C20H21N3O3. The van der Waals surface area contributed by atoms with E-state index in [0.717, 1.165) is 54.6 Å². The first-order valence-corrected chi connectivity index (χ1v) is 9.01. The number of aliphatic imine (C=N–C) groups is 1. The monoisotopic (exact) mass is 351 g/mol. The Hall–Kier alpha value is -2.89. The van der Waals surface area contributed by atoms with Gasteiger partial charge >= 0.3 is 5.69 Å². The molecule has 0 radical (unpaired) electrons. The van der Waals surface area contributed by atoms with E-state index in [1.807, 2.05) is 31.2 Å². The van der Waals surface area contributed by atoms with Gasteiger partial charge in [-0.2, -0.15) is 0 Å². The second kappa shape index (κ2) is 6.44. The number of benzene rings is 1. The summed E-state index contributed by atoms with van der Waals surface area (Å²) in [6, 6.07) is 7.59. The maximum Gasteiger partial charge on any atom is 0.331 e. The molecule has 1 aliphatic carbocycles. The third kappa shape index (κ3) is 2.71. The first-order chi connectivity index (χ1) is 12.6. The van der Waals surface area contributed by atoms with Crippen LogP contribution in [0.5, 0.6) is 5.88 Å². The van der Waals surface area contributed by atoms with Crippen LogP contribution in [0.25, 0.3) is 11.6 Å². The number of nitrogens with zero attached hydrogens (tertiary/aromatic N) is 2. The Morgan fingerprint density at radius 1 is 1.19 bits per heavy atom. The molecule has 1 aromatic carbocycles. The summed E-state index contributed by atoms with van der Waals surface area (Å²) in [7, 11) is 0. The van der Waals surface area contributed by atoms with Gasteiger partial charge in [0.1, 0.15) is 5.56 Å². The van der Waals surface area contributed by atoms with Crippen molar-refractivity contribution in [3.63, 3.8) is 0 Å². The normalized spacial score (nSPS) is 18.8. The predicted octanol–water partition coefficient (Wildman–Crippen LogP) is 3.39. The van der Waals surface area contributed by atoms with Crippen LogP contribution in [0.3, 0.4) is 0 Å². The second-order valence-corrected chi connectivity index (χ2v) is 6.93. The zero-order valence-electron chi connectivity index (χ0n) is 14.7. The van der Waals surface area contributed by atoms with Crippen LogP contribution < -0.4 is 11.2 Å². The Morgan fingerprint density at radius 3 is 2.69 bits per heavy atom. The number of hydrogen-bond acceptors (Lipinski definition) is 4. The third-order valence-electron chi connectivity index (χ3n) is 5.25. The second-order valence-electron chi connectivity index (χ2n) is 6.93. The van der Waals surface area contributed by atoms with Crippen molar-refractivity contribution in [2.75, 3.05) is 0 Å². The zero-order valence-corrected chi connectivity index (χ0v) is 14.7. The van der Waals surface area contributed by atoms with Crippen molar-refractivity contribution in [1.29, 1.82) is 0 Å². The minimum atomic E-state index is -0.579. The zero-order chi connectivity index (χ0) is 18.3. The maximum absolute atomic E-state index is 12.4. The van der Waals surface area contributed by atoms with Gasteiger partial charge in [0.15, 0.2) is 0 Å². The molecule has 0 saturated heterocycles. The maximum atomic E-state index is 12.4. The van der Waals surface area contributed by atoms with E-state index in [1.165, 1.54) is 4.57 Å². The molecule has 4 rings (SSSR count). The van der Waals surface area contributed by atoms with Crippen LogP contribution in [-0.2, 0) is 0 Å². The smallest absolute Gasteiger partial charge is 0.331 e. The molecule has 2 N–H and O–H groups in total. The number of aromatic nitrogens is 2. The van der Waals surface area contributed by atoms with Gasteiger partial charge in [0.25, 0.3) is 5.56 Å². The number of para-hydroxylation sites is 1. The van der Waals surface area contributed by atoms with Crippen LogP contribution in [0.15, 0.2) is 38.8 Å². The quantitative estimate of drug-likeness (QED) is 0.869. The van der Waals surface area contributed by atoms with Gasteiger partial charge in [-0.05, 0) is 31.9 Å². The molecule has 134 valence electrons. The molecule has 2 aliphatic rings. The standard InChI is InChI=1S/C20H21N3O3/c1-12-15(14-9-5-6-10-17(14)21-12)11-16-18(24)22-20(26)23(19(16)25)13-7-3-2-4-8-13/h5-6,9-11,13,25H,2-4,7-8H2,1H3,(H,22,24,26). The first kappa shape index (κ1) is 16.6. The minimum absolute atomic E-state index is 0.0733. The molecule has 0 amide bonds. The Bertz CT molecular complexity index is 1040. The van der Waals surface area contributed by atoms with Gasteiger partial charge in [0.2, 0.25) is 5.88 Å². The lowest BCUT2D eigenvalue weighted by Gasteiger charge is -2.24. The van der Waals surface area contributed by atoms with Crippen molar-refractivity contribution < 1.29 is 5.11 Å². The van der Waals surface area contributed by atoms with Crippen molar-refractivity contribution in [3.8, 4) is 5.88 Å². The van der Waals surface area contributed by atoms with Crippen molar-refractivity contribution in [3.05, 3.63) is 56.2 Å². The van der Waals surface area contributed by atoms with E-state index in [9.17, 15) is 14.7 Å². The molecule has 1 aliphatic heterocycles. The number of rotatable bonds is 2. The van der Waals surface area contributed by atoms with E-state index < -0.39 is 11.2 Å². The summed E-state index contributed by atoms with van der Waals surface area (Å²) >= 11 is 0. The van der Waals surface area contributed by atoms with Crippen LogP contribution in [-0.4, -0.2) is 20.4 Å². The molecule has 6 nitrogen and oxygen atoms in total. The number of aromatic hydroxyl groups is 1. The van der Waals surface area contributed by atoms with Crippen molar-refractivity contribution in [1.82, 2.24) is 9.55 Å². The van der Waals surface area contributed by atoms with Gasteiger partial charge in [0.05, 0.1) is 5.69 Å². The lowest BCUT2D eigenvalue weighted by Crippen LogP contribution is -2.34. The van der Waals surface area contributed by atoms with Gasteiger partial charge in [-0.3, -0.25) is 19.3 Å². The Balaban J connectivity index is 1.87. The summed E-state index contributed by atoms with van der Waals surface area (Å²) in [4.78, 5) is 31.6. The van der Waals surface area contributed by atoms with E-state index in [-0.39, 0.29) is 17.5 Å². The summed E-state index contributed by atoms with van der Waals surface area (Å²) < 4.78 is 1.35. The molecule has 26 heavy (non-hydrogen) atoms. The van der Waals surface area contributed by atoms with Gasteiger partial charge in [-0.1, -0.05) is 37.5 Å². The number of fused-ring (bicyclic) bond motifs is 1. The lowest BCUT2D eigenvalue weighted by atomic mass is 9.95. The van der Waals surface area contributed by atoms with Gasteiger partial charge in [-0.25, -0.2) is 4.79 Å². The van der Waals surface area contributed by atoms with Gasteiger partial charge < -0.3 is 5.11 Å². The molecule has 1 aromatic heterocycles. The average molecular weight is 351 g/mol. The topological polar surface area (TPSA) is 87.4 Å². The van der Waals surface area contributed by atoms with Gasteiger partial charge in [-0.15, -0.1) is 0 Å². The highest BCUT2D eigenvalue weighted by Crippen LogP contribution is 2.36. The minimum Gasteiger partial charge on any atom is -0.494 e. The number of nitrogens with one attached hydrogen (secondary N) is 1. The molecule has 0 unspecified atom stereocenters. The largest absolute Gasteiger partial charge is 0.494 e.